The maximum absolute atomic E-state index is 12.7. The monoisotopic (exact) mass is 376 g/mol. The molecule has 0 bridgehead atoms. The van der Waals surface area contributed by atoms with Crippen LogP contribution in [-0.2, 0) is 17.6 Å². The smallest absolute Gasteiger partial charge is 0.252 e. The summed E-state index contributed by atoms with van der Waals surface area (Å²) >= 11 is 1.74. The van der Waals surface area contributed by atoms with Crippen molar-refractivity contribution >= 4 is 23.2 Å². The highest BCUT2D eigenvalue weighted by atomic mass is 32.1. The third kappa shape index (κ3) is 4.48. The molecule has 5 heteroatoms. The number of hydrogen-bond donors (Lipinski definition) is 2. The number of hydrogen-bond acceptors (Lipinski definition) is 3. The minimum Gasteiger partial charge on any atom is -0.353 e. The molecule has 2 amide bonds. The van der Waals surface area contributed by atoms with Crippen LogP contribution in [0.4, 0.5) is 0 Å². The Morgan fingerprint density at radius 2 is 1.77 bits per heavy atom. The van der Waals surface area contributed by atoms with E-state index >= 15 is 0 Å². The molecule has 2 N–H and O–H groups in total. The van der Waals surface area contributed by atoms with E-state index in [9.17, 15) is 9.59 Å². The maximum Gasteiger partial charge on any atom is 0.252 e. The van der Waals surface area contributed by atoms with Gasteiger partial charge in [-0.2, -0.15) is 0 Å². The number of rotatable bonds is 5. The van der Waals surface area contributed by atoms with E-state index in [0.29, 0.717) is 5.92 Å². The van der Waals surface area contributed by atoms with E-state index in [1.165, 1.54) is 23.3 Å². The molecule has 1 saturated carbocycles. The van der Waals surface area contributed by atoms with Crippen LogP contribution in [0.15, 0.2) is 5.38 Å². The van der Waals surface area contributed by atoms with Gasteiger partial charge in [0, 0.05) is 28.3 Å². The predicted molar refractivity (Wildman–Crippen MR) is 107 cm³/mol. The molecule has 1 aromatic heterocycles. The number of carbonyl (C=O) groups is 2. The second kappa shape index (κ2) is 8.55. The minimum atomic E-state index is 0.0886. The third-order valence-electron chi connectivity index (χ3n) is 6.11. The Kier molecular flexibility index (Phi) is 6.38. The molecule has 1 heterocycles. The van der Waals surface area contributed by atoms with E-state index in [1.807, 2.05) is 5.38 Å². The Bertz CT molecular complexity index is 644. The van der Waals surface area contributed by atoms with Crippen LogP contribution >= 0.6 is 11.3 Å². The van der Waals surface area contributed by atoms with Gasteiger partial charge in [-0.15, -0.1) is 11.3 Å². The lowest BCUT2D eigenvalue weighted by Gasteiger charge is -2.30. The van der Waals surface area contributed by atoms with Crippen LogP contribution in [-0.4, -0.2) is 23.9 Å². The molecule has 26 heavy (non-hydrogen) atoms. The molecule has 1 fully saturated rings. The van der Waals surface area contributed by atoms with E-state index < -0.39 is 0 Å². The summed E-state index contributed by atoms with van der Waals surface area (Å²) in [4.78, 5) is 26.5. The normalized spacial score (nSPS) is 24.0. The van der Waals surface area contributed by atoms with Crippen LogP contribution in [0.1, 0.15) is 80.1 Å². The molecule has 2 aliphatic rings. The lowest BCUT2D eigenvalue weighted by Crippen LogP contribution is -2.44. The fraction of sp³-hybridized carbons (Fsp3) is 0.714. The Morgan fingerprint density at radius 1 is 1.08 bits per heavy atom. The minimum absolute atomic E-state index is 0.0886. The molecule has 0 aromatic carbocycles. The number of thiophene rings is 1. The van der Waals surface area contributed by atoms with Crippen molar-refractivity contribution in [3.8, 4) is 0 Å². The van der Waals surface area contributed by atoms with E-state index in [4.69, 9.17) is 0 Å². The van der Waals surface area contributed by atoms with Gasteiger partial charge in [-0.05, 0) is 69.8 Å². The van der Waals surface area contributed by atoms with Crippen LogP contribution in [0.2, 0.25) is 0 Å². The van der Waals surface area contributed by atoms with E-state index in [0.717, 1.165) is 44.1 Å². The summed E-state index contributed by atoms with van der Waals surface area (Å²) < 4.78 is 0. The molecule has 2 aliphatic carbocycles. The Hall–Kier alpha value is -1.36. The van der Waals surface area contributed by atoms with Crippen molar-refractivity contribution in [2.24, 2.45) is 11.8 Å². The molecule has 0 spiro atoms. The van der Waals surface area contributed by atoms with Gasteiger partial charge in [-0.3, -0.25) is 9.59 Å². The SMILES string of the molecule is CC(C)[C@H](C)NC(=O)C1CCC(NC(=O)c2csc3c2CCCC3)CC1. The lowest BCUT2D eigenvalue weighted by atomic mass is 9.85. The fourth-order valence-corrected chi connectivity index (χ4v) is 5.08. The first kappa shape index (κ1) is 19.4. The number of fused-ring (bicyclic) bond motifs is 1. The van der Waals surface area contributed by atoms with Crippen LogP contribution in [0.25, 0.3) is 0 Å². The Balaban J connectivity index is 1.49. The first-order valence-electron chi connectivity index (χ1n) is 10.2. The molecule has 1 atom stereocenters. The predicted octanol–water partition coefficient (Wildman–Crippen LogP) is 4.08. The van der Waals surface area contributed by atoms with E-state index in [-0.39, 0.29) is 29.8 Å². The van der Waals surface area contributed by atoms with Gasteiger partial charge in [0.2, 0.25) is 5.91 Å². The second-order valence-corrected chi connectivity index (χ2v) is 9.29. The van der Waals surface area contributed by atoms with E-state index in [1.54, 1.807) is 11.3 Å². The van der Waals surface area contributed by atoms with Gasteiger partial charge >= 0.3 is 0 Å². The summed E-state index contributed by atoms with van der Waals surface area (Å²) in [6.07, 6.45) is 8.13. The highest BCUT2D eigenvalue weighted by Crippen LogP contribution is 2.31. The summed E-state index contributed by atoms with van der Waals surface area (Å²) in [5, 5.41) is 8.40. The number of carbonyl (C=O) groups excluding carboxylic acids is 2. The third-order valence-corrected chi connectivity index (χ3v) is 7.20. The molecular weight excluding hydrogens is 344 g/mol. The molecular formula is C21H32N2O2S. The van der Waals surface area contributed by atoms with Gasteiger partial charge in [0.05, 0.1) is 5.56 Å². The highest BCUT2D eigenvalue weighted by molar-refractivity contribution is 7.10. The topological polar surface area (TPSA) is 58.2 Å². The van der Waals surface area contributed by atoms with Crippen molar-refractivity contribution in [1.29, 1.82) is 0 Å². The average molecular weight is 377 g/mol. The standard InChI is InChI=1S/C21H32N2O2S/c1-13(2)14(3)22-20(24)15-8-10-16(11-9-15)23-21(25)18-12-26-19-7-5-4-6-17(18)19/h12-16H,4-11H2,1-3H3,(H,22,24)(H,23,25)/t14-,15?,16?/m0/s1. The van der Waals surface area contributed by atoms with Crippen molar-refractivity contribution < 1.29 is 9.59 Å². The van der Waals surface area contributed by atoms with Gasteiger partial charge in [0.1, 0.15) is 0 Å². The highest BCUT2D eigenvalue weighted by Gasteiger charge is 2.29. The quantitative estimate of drug-likeness (QED) is 0.814. The zero-order valence-corrected chi connectivity index (χ0v) is 17.1. The molecule has 3 rings (SSSR count). The molecule has 0 unspecified atom stereocenters. The van der Waals surface area contributed by atoms with Crippen LogP contribution < -0.4 is 10.6 Å². The summed E-state index contributed by atoms with van der Waals surface area (Å²) in [5.74, 6) is 0.818. The maximum atomic E-state index is 12.7. The lowest BCUT2D eigenvalue weighted by molar-refractivity contribution is -0.126. The molecule has 0 aliphatic heterocycles. The molecule has 144 valence electrons. The van der Waals surface area contributed by atoms with Crippen molar-refractivity contribution in [1.82, 2.24) is 10.6 Å². The molecule has 0 saturated heterocycles. The Morgan fingerprint density at radius 3 is 2.46 bits per heavy atom. The molecule has 1 aromatic rings. The van der Waals surface area contributed by atoms with Crippen molar-refractivity contribution in [3.05, 3.63) is 21.4 Å². The summed E-state index contributed by atoms with van der Waals surface area (Å²) in [6, 6.07) is 0.415. The largest absolute Gasteiger partial charge is 0.353 e. The van der Waals surface area contributed by atoms with Gasteiger partial charge in [0.25, 0.3) is 5.91 Å². The summed E-state index contributed by atoms with van der Waals surface area (Å²) in [5.41, 5.74) is 2.19. The zero-order chi connectivity index (χ0) is 18.7. The molecule has 4 nitrogen and oxygen atoms in total. The van der Waals surface area contributed by atoms with Crippen molar-refractivity contribution in [3.63, 3.8) is 0 Å². The van der Waals surface area contributed by atoms with Crippen molar-refractivity contribution in [2.45, 2.75) is 84.2 Å². The molecule has 0 radical (unpaired) electrons. The summed E-state index contributed by atoms with van der Waals surface area (Å²) in [6.45, 7) is 6.32. The average Bonchev–Trinajstić information content (AvgIpc) is 3.06. The first-order chi connectivity index (χ1) is 12.5. The second-order valence-electron chi connectivity index (χ2n) is 8.32. The van der Waals surface area contributed by atoms with Gasteiger partial charge in [-0.1, -0.05) is 13.8 Å². The fourth-order valence-electron chi connectivity index (χ4n) is 3.96. The number of aryl methyl sites for hydroxylation is 1. The van der Waals surface area contributed by atoms with Crippen LogP contribution in [0.3, 0.4) is 0 Å². The van der Waals surface area contributed by atoms with Crippen LogP contribution in [0.5, 0.6) is 0 Å². The number of nitrogens with one attached hydrogen (secondary N) is 2. The summed E-state index contributed by atoms with van der Waals surface area (Å²) in [7, 11) is 0. The zero-order valence-electron chi connectivity index (χ0n) is 16.3. The first-order valence-corrected chi connectivity index (χ1v) is 11.0. The van der Waals surface area contributed by atoms with Crippen LogP contribution in [0, 0.1) is 11.8 Å². The van der Waals surface area contributed by atoms with Crippen molar-refractivity contribution in [2.75, 3.05) is 0 Å². The van der Waals surface area contributed by atoms with E-state index in [2.05, 4.69) is 31.4 Å². The van der Waals surface area contributed by atoms with Gasteiger partial charge in [-0.25, -0.2) is 0 Å². The van der Waals surface area contributed by atoms with Gasteiger partial charge in [0.15, 0.2) is 0 Å². The number of amides is 2. The Labute approximate surface area is 161 Å². The van der Waals surface area contributed by atoms with Gasteiger partial charge < -0.3 is 10.6 Å².